The maximum atomic E-state index is 5.75. The van der Waals surface area contributed by atoms with Crippen LogP contribution in [0.5, 0.6) is 0 Å². The highest BCUT2D eigenvalue weighted by molar-refractivity contribution is 5.30. The molecule has 0 aliphatic heterocycles. The number of aromatic nitrogens is 3. The topological polar surface area (TPSA) is 103 Å². The minimum absolute atomic E-state index is 0.183. The number of nitrogen functional groups attached to an aromatic ring is 1. The molecule has 13 heavy (non-hydrogen) atoms. The molecule has 6 heteroatoms. The van der Waals surface area contributed by atoms with Crippen molar-refractivity contribution >= 4 is 11.9 Å². The van der Waals surface area contributed by atoms with Gasteiger partial charge in [0.05, 0.1) is 6.04 Å². The maximum Gasteiger partial charge on any atom is 0.227 e. The zero-order valence-corrected chi connectivity index (χ0v) is 7.78. The van der Waals surface area contributed by atoms with E-state index >= 15 is 0 Å². The number of nitrogens with zero attached hydrogens (tertiary/aromatic N) is 3. The third-order valence-electron chi connectivity index (χ3n) is 1.67. The van der Waals surface area contributed by atoms with Crippen LogP contribution >= 0.6 is 0 Å². The SMILES string of the molecule is CC[C@H](N)c1nc(N)nc(NC)n1. The Hall–Kier alpha value is -1.43. The summed E-state index contributed by atoms with van der Waals surface area (Å²) in [4.78, 5) is 11.9. The second-order valence-electron chi connectivity index (χ2n) is 2.64. The molecule has 0 bridgehead atoms. The van der Waals surface area contributed by atoms with E-state index in [1.807, 2.05) is 6.92 Å². The second-order valence-corrected chi connectivity index (χ2v) is 2.64. The van der Waals surface area contributed by atoms with Crippen LogP contribution in [0.2, 0.25) is 0 Å². The van der Waals surface area contributed by atoms with Crippen LogP contribution in [0.3, 0.4) is 0 Å². The van der Waals surface area contributed by atoms with Gasteiger partial charge in [0.15, 0.2) is 5.82 Å². The lowest BCUT2D eigenvalue weighted by molar-refractivity contribution is 0.646. The largest absolute Gasteiger partial charge is 0.368 e. The molecule has 0 spiro atoms. The van der Waals surface area contributed by atoms with Crippen molar-refractivity contribution < 1.29 is 0 Å². The molecule has 0 saturated heterocycles. The van der Waals surface area contributed by atoms with Crippen molar-refractivity contribution in [1.29, 1.82) is 0 Å². The van der Waals surface area contributed by atoms with Gasteiger partial charge in [0.2, 0.25) is 11.9 Å². The number of nitrogens with two attached hydrogens (primary N) is 2. The molecule has 1 atom stereocenters. The van der Waals surface area contributed by atoms with Crippen molar-refractivity contribution in [1.82, 2.24) is 15.0 Å². The van der Waals surface area contributed by atoms with E-state index in [0.717, 1.165) is 6.42 Å². The smallest absolute Gasteiger partial charge is 0.227 e. The Balaban J connectivity index is 3.01. The van der Waals surface area contributed by atoms with Crippen molar-refractivity contribution in [2.45, 2.75) is 19.4 Å². The van der Waals surface area contributed by atoms with Gasteiger partial charge in [0, 0.05) is 7.05 Å². The van der Waals surface area contributed by atoms with Crippen molar-refractivity contribution in [3.05, 3.63) is 5.82 Å². The quantitative estimate of drug-likeness (QED) is 0.603. The first-order chi connectivity index (χ1) is 6.17. The summed E-state index contributed by atoms with van der Waals surface area (Å²) in [5.74, 6) is 1.17. The minimum atomic E-state index is -0.183. The van der Waals surface area contributed by atoms with Gasteiger partial charge in [-0.3, -0.25) is 0 Å². The van der Waals surface area contributed by atoms with Gasteiger partial charge in [-0.25, -0.2) is 0 Å². The molecule has 0 unspecified atom stereocenters. The molecule has 0 amide bonds. The molecule has 0 saturated carbocycles. The van der Waals surface area contributed by atoms with Gasteiger partial charge in [-0.1, -0.05) is 6.92 Å². The van der Waals surface area contributed by atoms with Crippen LogP contribution in [0.4, 0.5) is 11.9 Å². The zero-order chi connectivity index (χ0) is 9.84. The molecule has 0 radical (unpaired) electrons. The van der Waals surface area contributed by atoms with Gasteiger partial charge >= 0.3 is 0 Å². The molecule has 0 aliphatic carbocycles. The van der Waals surface area contributed by atoms with Crippen molar-refractivity contribution in [3.8, 4) is 0 Å². The average Bonchev–Trinajstić information content (AvgIpc) is 2.15. The van der Waals surface area contributed by atoms with Crippen LogP contribution < -0.4 is 16.8 Å². The molecule has 0 fully saturated rings. The zero-order valence-electron chi connectivity index (χ0n) is 7.78. The van der Waals surface area contributed by atoms with Gasteiger partial charge in [-0.15, -0.1) is 0 Å². The Morgan fingerprint density at radius 2 is 2.08 bits per heavy atom. The van der Waals surface area contributed by atoms with Crippen LogP contribution in [0, 0.1) is 0 Å². The molecule has 0 aliphatic rings. The van der Waals surface area contributed by atoms with Gasteiger partial charge < -0.3 is 16.8 Å². The second kappa shape index (κ2) is 3.99. The molecule has 0 aromatic carbocycles. The van der Waals surface area contributed by atoms with Crippen molar-refractivity contribution in [2.75, 3.05) is 18.1 Å². The van der Waals surface area contributed by atoms with E-state index in [-0.39, 0.29) is 12.0 Å². The standard InChI is InChI=1S/C7H14N6/c1-3-4(8)5-11-6(9)13-7(10-2)12-5/h4H,3,8H2,1-2H3,(H3,9,10,11,12,13)/t4-/m0/s1. The number of hydrogen-bond acceptors (Lipinski definition) is 6. The van der Waals surface area contributed by atoms with E-state index in [2.05, 4.69) is 20.3 Å². The lowest BCUT2D eigenvalue weighted by Crippen LogP contribution is -2.16. The molecule has 1 rings (SSSR count). The summed E-state index contributed by atoms with van der Waals surface area (Å²) < 4.78 is 0. The van der Waals surface area contributed by atoms with Crippen LogP contribution in [0.1, 0.15) is 25.2 Å². The van der Waals surface area contributed by atoms with Gasteiger partial charge in [-0.2, -0.15) is 15.0 Å². The fourth-order valence-corrected chi connectivity index (χ4v) is 0.870. The molecule has 6 nitrogen and oxygen atoms in total. The molecular formula is C7H14N6. The highest BCUT2D eigenvalue weighted by Crippen LogP contribution is 2.10. The Morgan fingerprint density at radius 1 is 1.38 bits per heavy atom. The first-order valence-corrected chi connectivity index (χ1v) is 4.12. The monoisotopic (exact) mass is 182 g/mol. The highest BCUT2D eigenvalue weighted by Gasteiger charge is 2.09. The summed E-state index contributed by atoms with van der Waals surface area (Å²) in [6.45, 7) is 1.96. The van der Waals surface area contributed by atoms with E-state index in [0.29, 0.717) is 11.8 Å². The summed E-state index contributed by atoms with van der Waals surface area (Å²) in [5.41, 5.74) is 11.2. The number of hydrogen-bond donors (Lipinski definition) is 3. The predicted molar refractivity (Wildman–Crippen MR) is 51.0 cm³/mol. The van der Waals surface area contributed by atoms with E-state index in [4.69, 9.17) is 11.5 Å². The first kappa shape index (κ1) is 9.66. The molecular weight excluding hydrogens is 168 g/mol. The van der Waals surface area contributed by atoms with Crippen LogP contribution in [0.25, 0.3) is 0 Å². The van der Waals surface area contributed by atoms with Crippen molar-refractivity contribution in [2.24, 2.45) is 5.73 Å². The Kier molecular flexibility index (Phi) is 2.97. The molecule has 1 heterocycles. The van der Waals surface area contributed by atoms with Gasteiger partial charge in [0.1, 0.15) is 0 Å². The number of rotatable bonds is 3. The number of nitrogens with one attached hydrogen (secondary N) is 1. The highest BCUT2D eigenvalue weighted by atomic mass is 15.2. The minimum Gasteiger partial charge on any atom is -0.368 e. The van der Waals surface area contributed by atoms with E-state index in [1.165, 1.54) is 0 Å². The van der Waals surface area contributed by atoms with E-state index in [9.17, 15) is 0 Å². The summed E-state index contributed by atoms with van der Waals surface area (Å²) in [7, 11) is 1.72. The van der Waals surface area contributed by atoms with Gasteiger partial charge in [0.25, 0.3) is 0 Å². The van der Waals surface area contributed by atoms with Crippen LogP contribution in [-0.2, 0) is 0 Å². The summed E-state index contributed by atoms with van der Waals surface area (Å²) in [6.07, 6.45) is 0.770. The van der Waals surface area contributed by atoms with Crippen LogP contribution in [0.15, 0.2) is 0 Å². The summed E-state index contributed by atoms with van der Waals surface area (Å²) in [6, 6.07) is -0.183. The third kappa shape index (κ3) is 2.25. The summed E-state index contributed by atoms with van der Waals surface area (Å²) >= 11 is 0. The maximum absolute atomic E-state index is 5.75. The Morgan fingerprint density at radius 3 is 2.62 bits per heavy atom. The number of anilines is 2. The average molecular weight is 182 g/mol. The van der Waals surface area contributed by atoms with Crippen LogP contribution in [-0.4, -0.2) is 22.0 Å². The Bertz CT molecular complexity index is 286. The fourth-order valence-electron chi connectivity index (χ4n) is 0.870. The summed E-state index contributed by atoms with van der Waals surface area (Å²) in [5, 5.41) is 2.79. The molecule has 72 valence electrons. The Labute approximate surface area is 76.8 Å². The third-order valence-corrected chi connectivity index (χ3v) is 1.67. The molecule has 5 N–H and O–H groups in total. The van der Waals surface area contributed by atoms with Gasteiger partial charge in [-0.05, 0) is 6.42 Å². The first-order valence-electron chi connectivity index (χ1n) is 4.12. The molecule has 1 aromatic rings. The van der Waals surface area contributed by atoms with E-state index in [1.54, 1.807) is 7.05 Å². The molecule has 1 aromatic heterocycles. The predicted octanol–water partition coefficient (Wildman–Crippen LogP) is -0.0947. The normalized spacial score (nSPS) is 12.5. The fraction of sp³-hybridized carbons (Fsp3) is 0.571. The lowest BCUT2D eigenvalue weighted by atomic mass is 10.2. The lowest BCUT2D eigenvalue weighted by Gasteiger charge is -2.08. The van der Waals surface area contributed by atoms with Crippen molar-refractivity contribution in [3.63, 3.8) is 0 Å². The van der Waals surface area contributed by atoms with E-state index < -0.39 is 0 Å².